The molecule has 1 aromatic heterocycles. The second-order valence-corrected chi connectivity index (χ2v) is 4.67. The Balaban J connectivity index is 2.99. The summed E-state index contributed by atoms with van der Waals surface area (Å²) in [5, 5.41) is 11.9. The SMILES string of the molecule is CC(C)c1cc(NCCO)nc(C(C)C)c1. The van der Waals surface area contributed by atoms with E-state index in [1.54, 1.807) is 0 Å². The van der Waals surface area contributed by atoms with Crippen molar-refractivity contribution in [3.05, 3.63) is 23.4 Å². The summed E-state index contributed by atoms with van der Waals surface area (Å²) in [7, 11) is 0. The zero-order valence-corrected chi connectivity index (χ0v) is 10.6. The standard InChI is InChI=1S/C13H22N2O/c1-9(2)11-7-12(10(3)4)15-13(8-11)14-5-6-16/h7-10,16H,5-6H2,1-4H3,(H,14,15). The molecule has 0 aliphatic heterocycles. The summed E-state index contributed by atoms with van der Waals surface area (Å²) in [6.45, 7) is 9.31. The molecule has 0 bridgehead atoms. The van der Waals surface area contributed by atoms with Crippen molar-refractivity contribution in [2.45, 2.75) is 39.5 Å². The first-order valence-electron chi connectivity index (χ1n) is 5.91. The van der Waals surface area contributed by atoms with Crippen LogP contribution >= 0.6 is 0 Å². The third-order valence-electron chi connectivity index (χ3n) is 2.54. The van der Waals surface area contributed by atoms with Gasteiger partial charge in [0.05, 0.1) is 6.61 Å². The van der Waals surface area contributed by atoms with E-state index in [9.17, 15) is 0 Å². The topological polar surface area (TPSA) is 45.1 Å². The molecule has 90 valence electrons. The van der Waals surface area contributed by atoms with Crippen molar-refractivity contribution in [2.24, 2.45) is 0 Å². The molecule has 3 nitrogen and oxygen atoms in total. The Labute approximate surface area is 97.9 Å². The van der Waals surface area contributed by atoms with Crippen molar-refractivity contribution in [1.29, 1.82) is 0 Å². The van der Waals surface area contributed by atoms with E-state index in [0.717, 1.165) is 11.5 Å². The number of rotatable bonds is 5. The molecule has 0 unspecified atom stereocenters. The molecule has 2 N–H and O–H groups in total. The summed E-state index contributed by atoms with van der Waals surface area (Å²) in [4.78, 5) is 4.53. The van der Waals surface area contributed by atoms with Crippen LogP contribution in [0.15, 0.2) is 12.1 Å². The molecule has 0 fully saturated rings. The molecule has 1 aromatic rings. The van der Waals surface area contributed by atoms with Crippen LogP contribution in [0, 0.1) is 0 Å². The van der Waals surface area contributed by atoms with Crippen molar-refractivity contribution in [3.63, 3.8) is 0 Å². The Bertz CT molecular complexity index is 308. The molecule has 0 atom stereocenters. The van der Waals surface area contributed by atoms with Crippen LogP contribution in [-0.4, -0.2) is 23.2 Å². The van der Waals surface area contributed by atoms with Crippen LogP contribution in [-0.2, 0) is 0 Å². The van der Waals surface area contributed by atoms with E-state index in [1.165, 1.54) is 5.56 Å². The number of nitrogens with one attached hydrogen (secondary N) is 1. The van der Waals surface area contributed by atoms with E-state index in [1.807, 2.05) is 0 Å². The first kappa shape index (κ1) is 13.0. The van der Waals surface area contributed by atoms with Gasteiger partial charge in [0.25, 0.3) is 0 Å². The molecule has 0 amide bonds. The van der Waals surface area contributed by atoms with E-state index < -0.39 is 0 Å². The van der Waals surface area contributed by atoms with Crippen molar-refractivity contribution in [2.75, 3.05) is 18.5 Å². The molecule has 1 rings (SSSR count). The summed E-state index contributed by atoms with van der Waals surface area (Å²) in [5.41, 5.74) is 2.39. The highest BCUT2D eigenvalue weighted by Crippen LogP contribution is 2.22. The lowest BCUT2D eigenvalue weighted by atomic mass is 10.00. The minimum absolute atomic E-state index is 0.130. The van der Waals surface area contributed by atoms with Crippen molar-refractivity contribution >= 4 is 5.82 Å². The molecular weight excluding hydrogens is 200 g/mol. The maximum Gasteiger partial charge on any atom is 0.126 e. The minimum Gasteiger partial charge on any atom is -0.395 e. The van der Waals surface area contributed by atoms with Gasteiger partial charge in [-0.15, -0.1) is 0 Å². The molecule has 1 heterocycles. The van der Waals surface area contributed by atoms with Gasteiger partial charge in [0.1, 0.15) is 5.82 Å². The van der Waals surface area contributed by atoms with Crippen LogP contribution in [0.1, 0.15) is 50.8 Å². The monoisotopic (exact) mass is 222 g/mol. The maximum atomic E-state index is 8.79. The van der Waals surface area contributed by atoms with Gasteiger partial charge < -0.3 is 10.4 Å². The molecule has 0 aliphatic carbocycles. The highest BCUT2D eigenvalue weighted by Gasteiger charge is 2.08. The van der Waals surface area contributed by atoms with Crippen molar-refractivity contribution < 1.29 is 5.11 Å². The van der Waals surface area contributed by atoms with Gasteiger partial charge in [-0.05, 0) is 29.5 Å². The van der Waals surface area contributed by atoms with Gasteiger partial charge in [0, 0.05) is 12.2 Å². The van der Waals surface area contributed by atoms with E-state index in [2.05, 4.69) is 50.1 Å². The number of aliphatic hydroxyl groups excluding tert-OH is 1. The van der Waals surface area contributed by atoms with Crippen LogP contribution in [0.3, 0.4) is 0 Å². The summed E-state index contributed by atoms with van der Waals surface area (Å²) >= 11 is 0. The lowest BCUT2D eigenvalue weighted by Gasteiger charge is -2.14. The Morgan fingerprint density at radius 3 is 2.38 bits per heavy atom. The molecule has 0 aliphatic rings. The summed E-state index contributed by atoms with van der Waals surface area (Å²) in [6, 6.07) is 4.23. The highest BCUT2D eigenvalue weighted by atomic mass is 16.3. The number of hydrogen-bond acceptors (Lipinski definition) is 3. The first-order valence-corrected chi connectivity index (χ1v) is 5.91. The molecule has 0 aromatic carbocycles. The Morgan fingerprint density at radius 1 is 1.19 bits per heavy atom. The summed E-state index contributed by atoms with van der Waals surface area (Å²) < 4.78 is 0. The predicted molar refractivity (Wildman–Crippen MR) is 68.0 cm³/mol. The fourth-order valence-corrected chi connectivity index (χ4v) is 1.48. The second-order valence-electron chi connectivity index (χ2n) is 4.67. The lowest BCUT2D eigenvalue weighted by molar-refractivity contribution is 0.311. The summed E-state index contributed by atoms with van der Waals surface area (Å²) in [5.74, 6) is 1.78. The van der Waals surface area contributed by atoms with Crippen LogP contribution in [0.2, 0.25) is 0 Å². The smallest absolute Gasteiger partial charge is 0.126 e. The zero-order chi connectivity index (χ0) is 12.1. The number of aliphatic hydroxyl groups is 1. The molecule has 0 saturated heterocycles. The quantitative estimate of drug-likeness (QED) is 0.805. The van der Waals surface area contributed by atoms with Gasteiger partial charge in [0.15, 0.2) is 0 Å². The van der Waals surface area contributed by atoms with Crippen LogP contribution in [0.25, 0.3) is 0 Å². The fourth-order valence-electron chi connectivity index (χ4n) is 1.48. The predicted octanol–water partition coefficient (Wildman–Crippen LogP) is 2.73. The van der Waals surface area contributed by atoms with Crippen molar-refractivity contribution in [3.8, 4) is 0 Å². The van der Waals surface area contributed by atoms with Gasteiger partial charge >= 0.3 is 0 Å². The van der Waals surface area contributed by atoms with Crippen LogP contribution in [0.5, 0.6) is 0 Å². The number of hydrogen-bond donors (Lipinski definition) is 2. The third-order valence-corrected chi connectivity index (χ3v) is 2.54. The Morgan fingerprint density at radius 2 is 1.88 bits per heavy atom. The molecule has 0 saturated carbocycles. The third kappa shape index (κ3) is 3.49. The first-order chi connectivity index (χ1) is 7.54. The lowest BCUT2D eigenvalue weighted by Crippen LogP contribution is -2.09. The number of anilines is 1. The minimum atomic E-state index is 0.130. The van der Waals surface area contributed by atoms with Gasteiger partial charge in [-0.3, -0.25) is 0 Å². The van der Waals surface area contributed by atoms with Gasteiger partial charge in [0.2, 0.25) is 0 Å². The van der Waals surface area contributed by atoms with E-state index in [4.69, 9.17) is 5.11 Å². The summed E-state index contributed by atoms with van der Waals surface area (Å²) in [6.07, 6.45) is 0. The Hall–Kier alpha value is -1.09. The zero-order valence-electron chi connectivity index (χ0n) is 10.6. The largest absolute Gasteiger partial charge is 0.395 e. The number of aromatic nitrogens is 1. The van der Waals surface area contributed by atoms with E-state index in [0.29, 0.717) is 18.4 Å². The highest BCUT2D eigenvalue weighted by molar-refractivity contribution is 5.41. The van der Waals surface area contributed by atoms with Gasteiger partial charge in [-0.25, -0.2) is 4.98 Å². The molecule has 3 heteroatoms. The average molecular weight is 222 g/mol. The average Bonchev–Trinajstić information content (AvgIpc) is 2.25. The van der Waals surface area contributed by atoms with Gasteiger partial charge in [-0.2, -0.15) is 0 Å². The normalized spacial score (nSPS) is 11.2. The molecular formula is C13H22N2O. The molecule has 0 radical (unpaired) electrons. The molecule has 16 heavy (non-hydrogen) atoms. The fraction of sp³-hybridized carbons (Fsp3) is 0.615. The van der Waals surface area contributed by atoms with Gasteiger partial charge in [-0.1, -0.05) is 27.7 Å². The van der Waals surface area contributed by atoms with Crippen LogP contribution < -0.4 is 5.32 Å². The van der Waals surface area contributed by atoms with E-state index >= 15 is 0 Å². The second kappa shape index (κ2) is 5.85. The van der Waals surface area contributed by atoms with E-state index in [-0.39, 0.29) is 6.61 Å². The Kier molecular flexibility index (Phi) is 4.74. The number of pyridine rings is 1. The van der Waals surface area contributed by atoms with Crippen LogP contribution in [0.4, 0.5) is 5.82 Å². The maximum absolute atomic E-state index is 8.79. The number of nitrogens with zero attached hydrogens (tertiary/aromatic N) is 1. The van der Waals surface area contributed by atoms with Crippen molar-refractivity contribution in [1.82, 2.24) is 4.98 Å². The molecule has 0 spiro atoms.